The molecule has 5 nitrogen and oxygen atoms in total. The molecule has 0 spiro atoms. The van der Waals surface area contributed by atoms with Crippen LogP contribution < -0.4 is 0 Å². The van der Waals surface area contributed by atoms with Crippen molar-refractivity contribution in [1.82, 2.24) is 9.78 Å². The molecular weight excluding hydrogens is 206 g/mol. The molecule has 0 bridgehead atoms. The van der Waals surface area contributed by atoms with Gasteiger partial charge >= 0.3 is 5.97 Å². The van der Waals surface area contributed by atoms with Crippen LogP contribution in [0.25, 0.3) is 0 Å². The molecule has 0 saturated heterocycles. The Balaban J connectivity index is 2.48. The van der Waals surface area contributed by atoms with Gasteiger partial charge in [-0.15, -0.1) is 0 Å². The Morgan fingerprint density at radius 1 is 1.69 bits per heavy atom. The maximum Gasteiger partial charge on any atom is 0.358 e. The summed E-state index contributed by atoms with van der Waals surface area (Å²) in [6.07, 6.45) is 4.34. The van der Waals surface area contributed by atoms with Crippen LogP contribution in [0.4, 0.5) is 0 Å². The third-order valence-electron chi connectivity index (χ3n) is 3.14. The Morgan fingerprint density at radius 2 is 2.38 bits per heavy atom. The molecule has 1 aromatic heterocycles. The predicted octanol–water partition coefficient (Wildman–Crippen LogP) is 1.15. The zero-order valence-electron chi connectivity index (χ0n) is 9.36. The molecule has 5 heteroatoms. The highest BCUT2D eigenvalue weighted by atomic mass is 16.5. The highest BCUT2D eigenvalue weighted by molar-refractivity contribution is 5.89. The Kier molecular flexibility index (Phi) is 2.43. The third-order valence-corrected chi connectivity index (χ3v) is 3.14. The van der Waals surface area contributed by atoms with Crippen molar-refractivity contribution in [2.24, 2.45) is 7.05 Å². The Morgan fingerprint density at radius 3 is 2.81 bits per heavy atom. The molecule has 0 aliphatic heterocycles. The van der Waals surface area contributed by atoms with E-state index in [1.54, 1.807) is 17.9 Å². The van der Waals surface area contributed by atoms with Crippen molar-refractivity contribution in [1.29, 1.82) is 5.26 Å². The number of esters is 1. The van der Waals surface area contributed by atoms with E-state index in [9.17, 15) is 10.1 Å². The maximum atomic E-state index is 11.5. The molecule has 1 aromatic rings. The number of nitriles is 1. The van der Waals surface area contributed by atoms with Gasteiger partial charge in [0.1, 0.15) is 0 Å². The number of hydrogen-bond donors (Lipinski definition) is 0. The molecule has 1 aliphatic rings. The van der Waals surface area contributed by atoms with Crippen LogP contribution in [-0.2, 0) is 17.2 Å². The number of ether oxygens (including phenoxy) is 1. The lowest BCUT2D eigenvalue weighted by Crippen LogP contribution is -2.33. The summed E-state index contributed by atoms with van der Waals surface area (Å²) in [6.45, 7) is 0. The fraction of sp³-hybridized carbons (Fsp3) is 0.545. The topological polar surface area (TPSA) is 67.9 Å². The molecule has 1 heterocycles. The van der Waals surface area contributed by atoms with Crippen LogP contribution in [0.2, 0.25) is 0 Å². The minimum atomic E-state index is -0.530. The molecule has 1 fully saturated rings. The molecule has 0 amide bonds. The first-order valence-electron chi connectivity index (χ1n) is 5.16. The highest BCUT2D eigenvalue weighted by Crippen LogP contribution is 2.44. The van der Waals surface area contributed by atoms with Gasteiger partial charge in [-0.3, -0.25) is 4.68 Å². The summed E-state index contributed by atoms with van der Waals surface area (Å²) >= 11 is 0. The van der Waals surface area contributed by atoms with Crippen LogP contribution >= 0.6 is 0 Å². The normalized spacial score (nSPS) is 17.3. The minimum Gasteiger partial charge on any atom is -0.464 e. The van der Waals surface area contributed by atoms with Crippen molar-refractivity contribution in [2.45, 2.75) is 24.7 Å². The molecule has 0 unspecified atom stereocenters. The second-order valence-electron chi connectivity index (χ2n) is 4.10. The molecule has 2 rings (SSSR count). The summed E-state index contributed by atoms with van der Waals surface area (Å²) in [4.78, 5) is 11.5. The van der Waals surface area contributed by atoms with Crippen molar-refractivity contribution in [2.75, 3.05) is 7.11 Å². The molecule has 0 radical (unpaired) electrons. The van der Waals surface area contributed by atoms with Crippen LogP contribution in [0.15, 0.2) is 6.20 Å². The summed E-state index contributed by atoms with van der Waals surface area (Å²) in [5.41, 5.74) is 0.444. The van der Waals surface area contributed by atoms with E-state index in [0.717, 1.165) is 19.3 Å². The van der Waals surface area contributed by atoms with Gasteiger partial charge in [0.15, 0.2) is 5.69 Å². The number of carbonyl (C=O) groups excluding carboxylic acids is 1. The van der Waals surface area contributed by atoms with Crippen LogP contribution in [0.5, 0.6) is 0 Å². The number of methoxy groups -OCH3 is 1. The lowest BCUT2D eigenvalue weighted by atomic mass is 9.65. The van der Waals surface area contributed by atoms with E-state index < -0.39 is 11.4 Å². The second kappa shape index (κ2) is 3.63. The lowest BCUT2D eigenvalue weighted by Gasteiger charge is -2.34. The monoisotopic (exact) mass is 219 g/mol. The fourth-order valence-corrected chi connectivity index (χ4v) is 2.06. The summed E-state index contributed by atoms with van der Waals surface area (Å²) in [5.74, 6) is -0.475. The standard InChI is InChI=1S/C11H13N3O2/c1-14-6-8(9(13-14)10(15)16-2)11(7-12)4-3-5-11/h6H,3-5H2,1-2H3. The van der Waals surface area contributed by atoms with Crippen molar-refractivity contribution in [3.63, 3.8) is 0 Å². The van der Waals surface area contributed by atoms with Gasteiger partial charge in [-0.1, -0.05) is 0 Å². The minimum absolute atomic E-state index is 0.270. The van der Waals surface area contributed by atoms with E-state index in [1.807, 2.05) is 0 Å². The Bertz CT molecular complexity index is 466. The maximum absolute atomic E-state index is 11.5. The first-order valence-corrected chi connectivity index (χ1v) is 5.16. The predicted molar refractivity (Wildman–Crippen MR) is 55.7 cm³/mol. The second-order valence-corrected chi connectivity index (χ2v) is 4.10. The Labute approximate surface area is 93.6 Å². The van der Waals surface area contributed by atoms with Gasteiger partial charge in [0, 0.05) is 18.8 Å². The first-order chi connectivity index (χ1) is 7.63. The lowest BCUT2D eigenvalue weighted by molar-refractivity contribution is 0.0589. The number of nitrogens with zero attached hydrogens (tertiary/aromatic N) is 3. The van der Waals surface area contributed by atoms with Gasteiger partial charge in [-0.05, 0) is 19.3 Å². The van der Waals surface area contributed by atoms with Crippen LogP contribution in [0.3, 0.4) is 0 Å². The van der Waals surface area contributed by atoms with E-state index >= 15 is 0 Å². The van der Waals surface area contributed by atoms with Gasteiger partial charge in [-0.2, -0.15) is 10.4 Å². The van der Waals surface area contributed by atoms with Crippen molar-refractivity contribution < 1.29 is 9.53 Å². The number of aryl methyl sites for hydroxylation is 1. The van der Waals surface area contributed by atoms with E-state index in [1.165, 1.54) is 7.11 Å². The largest absolute Gasteiger partial charge is 0.464 e. The van der Waals surface area contributed by atoms with Gasteiger partial charge < -0.3 is 4.74 Å². The number of aromatic nitrogens is 2. The molecule has 16 heavy (non-hydrogen) atoms. The Hall–Kier alpha value is -1.83. The summed E-state index contributed by atoms with van der Waals surface area (Å²) < 4.78 is 6.23. The number of hydrogen-bond acceptors (Lipinski definition) is 4. The average Bonchev–Trinajstić information content (AvgIpc) is 2.59. The van der Waals surface area contributed by atoms with Crippen LogP contribution in [-0.4, -0.2) is 22.9 Å². The highest BCUT2D eigenvalue weighted by Gasteiger charge is 2.43. The average molecular weight is 219 g/mol. The van der Waals surface area contributed by atoms with E-state index in [2.05, 4.69) is 15.9 Å². The zero-order valence-corrected chi connectivity index (χ0v) is 9.36. The molecule has 84 valence electrons. The van der Waals surface area contributed by atoms with Crippen LogP contribution in [0.1, 0.15) is 35.3 Å². The van der Waals surface area contributed by atoms with Crippen molar-refractivity contribution in [3.05, 3.63) is 17.5 Å². The third kappa shape index (κ3) is 1.38. The van der Waals surface area contributed by atoms with Crippen molar-refractivity contribution >= 4 is 5.97 Å². The first kappa shape index (κ1) is 10.7. The molecule has 0 aromatic carbocycles. The molecule has 0 atom stereocenters. The van der Waals surface area contributed by atoms with Gasteiger partial charge in [0.05, 0.1) is 18.6 Å². The molecular formula is C11H13N3O2. The van der Waals surface area contributed by atoms with Gasteiger partial charge in [0.2, 0.25) is 0 Å². The summed E-state index contributed by atoms with van der Waals surface area (Å²) in [7, 11) is 3.06. The van der Waals surface area contributed by atoms with E-state index in [0.29, 0.717) is 5.56 Å². The van der Waals surface area contributed by atoms with Crippen molar-refractivity contribution in [3.8, 4) is 6.07 Å². The van der Waals surface area contributed by atoms with E-state index in [-0.39, 0.29) is 5.69 Å². The molecule has 0 N–H and O–H groups in total. The van der Waals surface area contributed by atoms with Gasteiger partial charge in [0.25, 0.3) is 0 Å². The smallest absolute Gasteiger partial charge is 0.358 e. The van der Waals surface area contributed by atoms with Gasteiger partial charge in [-0.25, -0.2) is 4.79 Å². The van der Waals surface area contributed by atoms with Crippen LogP contribution in [0, 0.1) is 11.3 Å². The fourth-order valence-electron chi connectivity index (χ4n) is 2.06. The van der Waals surface area contributed by atoms with E-state index in [4.69, 9.17) is 0 Å². The number of rotatable bonds is 2. The summed E-state index contributed by atoms with van der Waals surface area (Å²) in [5, 5.41) is 13.3. The molecule has 1 saturated carbocycles. The zero-order chi connectivity index (χ0) is 11.8. The quantitative estimate of drug-likeness (QED) is 0.700. The number of carbonyl (C=O) groups is 1. The SMILES string of the molecule is COC(=O)c1nn(C)cc1C1(C#N)CCC1. The molecule has 1 aliphatic carbocycles. The summed E-state index contributed by atoms with van der Waals surface area (Å²) in [6, 6.07) is 2.30.